The van der Waals surface area contributed by atoms with Gasteiger partial charge < -0.3 is 14.5 Å². The molecule has 5 nitrogen and oxygen atoms in total. The van der Waals surface area contributed by atoms with Crippen molar-refractivity contribution in [3.05, 3.63) is 69.2 Å². The lowest BCUT2D eigenvalue weighted by Crippen LogP contribution is -2.34. The van der Waals surface area contributed by atoms with E-state index in [0.29, 0.717) is 23.2 Å². The SMILES string of the molecule is Cc1cc(C)cc(N=c2oc3ccc(Br)cc3cc2C(=O)NC[C@@H]2CCCO2)c1. The van der Waals surface area contributed by atoms with Crippen molar-refractivity contribution in [1.29, 1.82) is 0 Å². The van der Waals surface area contributed by atoms with Gasteiger partial charge in [0.05, 0.1) is 11.8 Å². The number of nitrogens with one attached hydrogen (secondary N) is 1. The maximum absolute atomic E-state index is 13.0. The van der Waals surface area contributed by atoms with E-state index in [-0.39, 0.29) is 12.0 Å². The third-order valence-corrected chi connectivity index (χ3v) is 5.40. The molecule has 0 saturated carbocycles. The summed E-state index contributed by atoms with van der Waals surface area (Å²) in [5, 5.41) is 3.81. The Kier molecular flexibility index (Phi) is 5.83. The molecular weight excluding hydrogens is 432 g/mol. The van der Waals surface area contributed by atoms with Gasteiger partial charge in [0, 0.05) is 23.0 Å². The Bertz CT molecular complexity index is 1110. The van der Waals surface area contributed by atoms with E-state index in [9.17, 15) is 4.79 Å². The van der Waals surface area contributed by atoms with E-state index in [1.165, 1.54) is 0 Å². The van der Waals surface area contributed by atoms with Gasteiger partial charge in [0.1, 0.15) is 11.1 Å². The van der Waals surface area contributed by atoms with Gasteiger partial charge in [-0.2, -0.15) is 0 Å². The summed E-state index contributed by atoms with van der Waals surface area (Å²) in [4.78, 5) is 17.6. The summed E-state index contributed by atoms with van der Waals surface area (Å²) in [6.07, 6.45) is 2.08. The average Bonchev–Trinajstić information content (AvgIpc) is 3.18. The fourth-order valence-electron chi connectivity index (χ4n) is 3.59. The lowest BCUT2D eigenvalue weighted by molar-refractivity contribution is 0.0854. The number of rotatable bonds is 4. The second-order valence-electron chi connectivity index (χ2n) is 7.45. The summed E-state index contributed by atoms with van der Waals surface area (Å²) < 4.78 is 12.6. The molecule has 2 heterocycles. The summed E-state index contributed by atoms with van der Waals surface area (Å²) >= 11 is 3.48. The number of carbonyl (C=O) groups excluding carboxylic acids is 1. The summed E-state index contributed by atoms with van der Waals surface area (Å²) in [7, 11) is 0. The van der Waals surface area contributed by atoms with Crippen molar-refractivity contribution in [2.45, 2.75) is 32.8 Å². The molecule has 1 fully saturated rings. The number of aryl methyl sites for hydroxylation is 2. The van der Waals surface area contributed by atoms with Crippen LogP contribution in [0.25, 0.3) is 11.0 Å². The molecule has 29 heavy (non-hydrogen) atoms. The third kappa shape index (κ3) is 4.77. The first-order valence-electron chi connectivity index (χ1n) is 9.74. The summed E-state index contributed by atoms with van der Waals surface area (Å²) in [5.41, 5.74) is 4.36. The molecular formula is C23H23BrN2O3. The van der Waals surface area contributed by atoms with Crippen LogP contribution in [0.2, 0.25) is 0 Å². The first-order valence-corrected chi connectivity index (χ1v) is 10.5. The Labute approximate surface area is 177 Å². The van der Waals surface area contributed by atoms with Crippen molar-refractivity contribution in [2.24, 2.45) is 4.99 Å². The second-order valence-corrected chi connectivity index (χ2v) is 8.37. The van der Waals surface area contributed by atoms with Gasteiger partial charge in [0.2, 0.25) is 5.55 Å². The molecule has 3 aromatic rings. The van der Waals surface area contributed by atoms with Crippen molar-refractivity contribution >= 4 is 38.5 Å². The topological polar surface area (TPSA) is 63.8 Å². The van der Waals surface area contributed by atoms with Crippen LogP contribution in [0, 0.1) is 13.8 Å². The number of amides is 1. The molecule has 0 unspecified atom stereocenters. The molecule has 1 saturated heterocycles. The largest absolute Gasteiger partial charge is 0.438 e. The van der Waals surface area contributed by atoms with Crippen LogP contribution < -0.4 is 10.9 Å². The van der Waals surface area contributed by atoms with Gasteiger partial charge >= 0.3 is 0 Å². The maximum Gasteiger partial charge on any atom is 0.256 e. The number of ether oxygens (including phenoxy) is 1. The normalized spacial score (nSPS) is 17.1. The Morgan fingerprint density at radius 2 is 1.97 bits per heavy atom. The Morgan fingerprint density at radius 3 is 2.69 bits per heavy atom. The highest BCUT2D eigenvalue weighted by atomic mass is 79.9. The van der Waals surface area contributed by atoms with Crippen LogP contribution in [0.4, 0.5) is 5.69 Å². The zero-order valence-corrected chi connectivity index (χ0v) is 18.1. The highest BCUT2D eigenvalue weighted by Crippen LogP contribution is 2.21. The summed E-state index contributed by atoms with van der Waals surface area (Å²) in [6.45, 7) is 5.29. The highest BCUT2D eigenvalue weighted by Gasteiger charge is 2.18. The molecule has 1 aliphatic heterocycles. The first-order chi connectivity index (χ1) is 14.0. The van der Waals surface area contributed by atoms with E-state index in [1.807, 2.05) is 50.2 Å². The minimum absolute atomic E-state index is 0.0744. The Balaban J connectivity index is 1.77. The number of benzene rings is 2. The van der Waals surface area contributed by atoms with Gasteiger partial charge in [0.25, 0.3) is 5.91 Å². The number of hydrogen-bond donors (Lipinski definition) is 1. The van der Waals surface area contributed by atoms with Crippen LogP contribution in [-0.2, 0) is 4.74 Å². The van der Waals surface area contributed by atoms with E-state index in [2.05, 4.69) is 32.3 Å². The third-order valence-electron chi connectivity index (χ3n) is 4.90. The van der Waals surface area contributed by atoms with Gasteiger partial charge in [0.15, 0.2) is 0 Å². The molecule has 0 radical (unpaired) electrons. The quantitative estimate of drug-likeness (QED) is 0.606. The van der Waals surface area contributed by atoms with E-state index in [0.717, 1.165) is 46.1 Å². The molecule has 1 aromatic heterocycles. The average molecular weight is 455 g/mol. The van der Waals surface area contributed by atoms with Crippen LogP contribution in [0.3, 0.4) is 0 Å². The zero-order valence-electron chi connectivity index (χ0n) is 16.5. The predicted molar refractivity (Wildman–Crippen MR) is 116 cm³/mol. The van der Waals surface area contributed by atoms with Crippen molar-refractivity contribution in [2.75, 3.05) is 13.2 Å². The van der Waals surface area contributed by atoms with Gasteiger partial charge in [-0.3, -0.25) is 4.79 Å². The summed E-state index contributed by atoms with van der Waals surface area (Å²) in [6, 6.07) is 13.6. The highest BCUT2D eigenvalue weighted by molar-refractivity contribution is 9.10. The monoisotopic (exact) mass is 454 g/mol. The minimum atomic E-state index is -0.214. The number of fused-ring (bicyclic) bond motifs is 1. The van der Waals surface area contributed by atoms with Crippen LogP contribution in [-0.4, -0.2) is 25.2 Å². The maximum atomic E-state index is 13.0. The standard InChI is InChI=1S/C23H23BrN2O3/c1-14-8-15(2)10-18(9-14)26-23-20(22(27)25-13-19-4-3-7-28-19)12-16-11-17(24)5-6-21(16)29-23/h5-6,8-12,19H,3-4,7,13H2,1-2H3,(H,25,27)/t19-/m0/s1. The molecule has 0 bridgehead atoms. The van der Waals surface area contributed by atoms with Gasteiger partial charge in [-0.15, -0.1) is 0 Å². The summed E-state index contributed by atoms with van der Waals surface area (Å²) in [5.74, 6) is -0.214. The molecule has 1 atom stereocenters. The Hall–Kier alpha value is -2.44. The molecule has 1 N–H and O–H groups in total. The first kappa shape index (κ1) is 19.9. The van der Waals surface area contributed by atoms with Gasteiger partial charge in [-0.1, -0.05) is 22.0 Å². The fraction of sp³-hybridized carbons (Fsp3) is 0.304. The van der Waals surface area contributed by atoms with Crippen molar-refractivity contribution in [3.63, 3.8) is 0 Å². The molecule has 2 aromatic carbocycles. The Morgan fingerprint density at radius 1 is 1.17 bits per heavy atom. The van der Waals surface area contributed by atoms with Crippen LogP contribution in [0.5, 0.6) is 0 Å². The molecule has 1 aliphatic rings. The lowest BCUT2D eigenvalue weighted by atomic mass is 10.1. The minimum Gasteiger partial charge on any atom is -0.438 e. The van der Waals surface area contributed by atoms with E-state index >= 15 is 0 Å². The lowest BCUT2D eigenvalue weighted by Gasteiger charge is -2.11. The predicted octanol–water partition coefficient (Wildman–Crippen LogP) is 4.95. The van der Waals surface area contributed by atoms with E-state index in [4.69, 9.17) is 9.15 Å². The smallest absolute Gasteiger partial charge is 0.256 e. The zero-order chi connectivity index (χ0) is 20.4. The van der Waals surface area contributed by atoms with Crippen LogP contribution in [0.1, 0.15) is 34.3 Å². The fourth-order valence-corrected chi connectivity index (χ4v) is 3.97. The number of carbonyl (C=O) groups is 1. The molecule has 6 heteroatoms. The van der Waals surface area contributed by atoms with Crippen LogP contribution >= 0.6 is 15.9 Å². The van der Waals surface area contributed by atoms with Gasteiger partial charge in [-0.05, 0) is 74.2 Å². The second kappa shape index (κ2) is 8.51. The molecule has 150 valence electrons. The molecule has 4 rings (SSSR count). The molecule has 1 amide bonds. The van der Waals surface area contributed by atoms with Crippen molar-refractivity contribution < 1.29 is 13.9 Å². The number of halogens is 1. The number of hydrogen-bond acceptors (Lipinski definition) is 4. The van der Waals surface area contributed by atoms with Gasteiger partial charge in [-0.25, -0.2) is 4.99 Å². The van der Waals surface area contributed by atoms with E-state index < -0.39 is 0 Å². The molecule has 0 spiro atoms. The van der Waals surface area contributed by atoms with Crippen molar-refractivity contribution in [3.8, 4) is 0 Å². The van der Waals surface area contributed by atoms with Crippen LogP contribution in [0.15, 0.2) is 56.3 Å². The molecule has 0 aliphatic carbocycles. The number of nitrogens with zero attached hydrogens (tertiary/aromatic N) is 1. The van der Waals surface area contributed by atoms with E-state index in [1.54, 1.807) is 0 Å². The van der Waals surface area contributed by atoms with Crippen molar-refractivity contribution in [1.82, 2.24) is 5.32 Å².